The molecule has 2 aromatic rings. The van der Waals surface area contributed by atoms with Crippen LogP contribution in [0.1, 0.15) is 26.6 Å². The maximum absolute atomic E-state index is 6.31. The van der Waals surface area contributed by atoms with E-state index in [1.807, 2.05) is 29.7 Å². The van der Waals surface area contributed by atoms with Crippen molar-refractivity contribution in [1.29, 1.82) is 0 Å². The fourth-order valence-electron chi connectivity index (χ4n) is 2.59. The molecule has 0 aliphatic carbocycles. The highest BCUT2D eigenvalue weighted by Gasteiger charge is 2.23. The van der Waals surface area contributed by atoms with E-state index in [4.69, 9.17) is 15.2 Å². The van der Waals surface area contributed by atoms with Crippen molar-refractivity contribution in [2.75, 3.05) is 20.0 Å². The smallest absolute Gasteiger partial charge is 0.161 e. The minimum atomic E-state index is -0.115. The molecule has 1 heterocycles. The van der Waals surface area contributed by atoms with E-state index < -0.39 is 0 Å². The summed E-state index contributed by atoms with van der Waals surface area (Å²) in [5.41, 5.74) is 7.88. The second-order valence-electron chi connectivity index (χ2n) is 5.97. The molecule has 0 saturated heterocycles. The number of methoxy groups -OCH3 is 2. The number of anilines is 1. The van der Waals surface area contributed by atoms with Gasteiger partial charge in [0.2, 0.25) is 0 Å². The van der Waals surface area contributed by atoms with Gasteiger partial charge >= 0.3 is 0 Å². The highest BCUT2D eigenvalue weighted by Crippen LogP contribution is 2.36. The number of rotatable bonds is 3. The first-order chi connectivity index (χ1) is 9.79. The van der Waals surface area contributed by atoms with Crippen molar-refractivity contribution in [1.82, 2.24) is 9.55 Å². The van der Waals surface area contributed by atoms with E-state index in [-0.39, 0.29) is 5.54 Å². The van der Waals surface area contributed by atoms with E-state index in [1.165, 1.54) is 0 Å². The molecule has 0 atom stereocenters. The Morgan fingerprint density at radius 1 is 1.10 bits per heavy atom. The van der Waals surface area contributed by atoms with Crippen LogP contribution in [0.3, 0.4) is 0 Å². The van der Waals surface area contributed by atoms with Crippen LogP contribution < -0.4 is 15.2 Å². The van der Waals surface area contributed by atoms with Crippen molar-refractivity contribution < 1.29 is 9.47 Å². The molecule has 114 valence electrons. The zero-order chi connectivity index (χ0) is 15.8. The lowest BCUT2D eigenvalue weighted by molar-refractivity contribution is 0.355. The number of imidazole rings is 1. The number of benzene rings is 1. The molecule has 0 bridgehead atoms. The van der Waals surface area contributed by atoms with Crippen molar-refractivity contribution in [2.45, 2.75) is 33.2 Å². The van der Waals surface area contributed by atoms with Crippen molar-refractivity contribution in [3.05, 3.63) is 24.0 Å². The lowest BCUT2D eigenvalue weighted by Crippen LogP contribution is -2.24. The van der Waals surface area contributed by atoms with Crippen LogP contribution in [0.5, 0.6) is 11.5 Å². The van der Waals surface area contributed by atoms with Gasteiger partial charge in [-0.3, -0.25) is 0 Å². The molecule has 1 aromatic carbocycles. The third-order valence-electron chi connectivity index (χ3n) is 3.41. The number of hydrogen-bond donors (Lipinski definition) is 1. The molecule has 5 heteroatoms. The third kappa shape index (κ3) is 2.68. The summed E-state index contributed by atoms with van der Waals surface area (Å²) < 4.78 is 12.6. The molecule has 0 unspecified atom stereocenters. The van der Waals surface area contributed by atoms with Crippen LogP contribution in [-0.4, -0.2) is 23.8 Å². The molecule has 0 spiro atoms. The predicted molar refractivity (Wildman–Crippen MR) is 84.9 cm³/mol. The van der Waals surface area contributed by atoms with Crippen LogP contribution >= 0.6 is 0 Å². The SMILES string of the molecule is COc1ccc(-c2nc(C)n(C(C)(C)C)c2N)cc1OC. The second-order valence-corrected chi connectivity index (χ2v) is 5.97. The van der Waals surface area contributed by atoms with E-state index >= 15 is 0 Å². The number of hydrogen-bond acceptors (Lipinski definition) is 4. The molecule has 5 nitrogen and oxygen atoms in total. The van der Waals surface area contributed by atoms with E-state index in [1.54, 1.807) is 14.2 Å². The summed E-state index contributed by atoms with van der Waals surface area (Å²) in [7, 11) is 3.23. The molecule has 21 heavy (non-hydrogen) atoms. The van der Waals surface area contributed by atoms with Crippen molar-refractivity contribution >= 4 is 5.82 Å². The van der Waals surface area contributed by atoms with Crippen LogP contribution in [-0.2, 0) is 5.54 Å². The summed E-state index contributed by atoms with van der Waals surface area (Å²) in [6.45, 7) is 8.29. The van der Waals surface area contributed by atoms with Gasteiger partial charge in [-0.25, -0.2) is 4.98 Å². The summed E-state index contributed by atoms with van der Waals surface area (Å²) in [5.74, 6) is 2.90. The molecule has 0 fully saturated rings. The van der Waals surface area contributed by atoms with Gasteiger partial charge in [-0.2, -0.15) is 0 Å². The van der Waals surface area contributed by atoms with Gasteiger partial charge in [0.25, 0.3) is 0 Å². The molecule has 0 aliphatic rings. The Balaban J connectivity index is 2.58. The topological polar surface area (TPSA) is 62.3 Å². The van der Waals surface area contributed by atoms with Crippen molar-refractivity contribution in [2.24, 2.45) is 0 Å². The van der Waals surface area contributed by atoms with Crippen LogP contribution in [0.4, 0.5) is 5.82 Å². The maximum Gasteiger partial charge on any atom is 0.161 e. The Bertz CT molecular complexity index is 654. The molecule has 0 amide bonds. The molecule has 0 radical (unpaired) electrons. The van der Waals surface area contributed by atoms with Crippen LogP contribution in [0, 0.1) is 6.92 Å². The number of nitrogen functional groups attached to an aromatic ring is 1. The third-order valence-corrected chi connectivity index (χ3v) is 3.41. The predicted octanol–water partition coefficient (Wildman–Crippen LogP) is 3.21. The summed E-state index contributed by atoms with van der Waals surface area (Å²) >= 11 is 0. The quantitative estimate of drug-likeness (QED) is 0.942. The minimum Gasteiger partial charge on any atom is -0.493 e. The maximum atomic E-state index is 6.31. The van der Waals surface area contributed by atoms with Gasteiger partial charge < -0.3 is 19.8 Å². The molecular formula is C16H23N3O2. The van der Waals surface area contributed by atoms with Gasteiger partial charge in [-0.15, -0.1) is 0 Å². The second kappa shape index (κ2) is 5.31. The molecule has 1 aromatic heterocycles. The van der Waals surface area contributed by atoms with E-state index in [0.717, 1.165) is 17.1 Å². The number of nitrogens with zero attached hydrogens (tertiary/aromatic N) is 2. The lowest BCUT2D eigenvalue weighted by atomic mass is 10.1. The van der Waals surface area contributed by atoms with Gasteiger partial charge in [-0.05, 0) is 45.9 Å². The monoisotopic (exact) mass is 289 g/mol. The molecule has 0 aliphatic heterocycles. The highest BCUT2D eigenvalue weighted by atomic mass is 16.5. The largest absolute Gasteiger partial charge is 0.493 e. The summed E-state index contributed by atoms with van der Waals surface area (Å²) in [5, 5.41) is 0. The zero-order valence-corrected chi connectivity index (χ0v) is 13.5. The van der Waals surface area contributed by atoms with Crippen LogP contribution in [0.25, 0.3) is 11.3 Å². The molecule has 0 saturated carbocycles. The Hall–Kier alpha value is -2.17. The molecule has 2 rings (SSSR count). The first kappa shape index (κ1) is 15.2. The summed E-state index contributed by atoms with van der Waals surface area (Å²) in [6.07, 6.45) is 0. The highest BCUT2D eigenvalue weighted by molar-refractivity contribution is 5.73. The fourth-order valence-corrected chi connectivity index (χ4v) is 2.59. The average molecular weight is 289 g/mol. The van der Waals surface area contributed by atoms with E-state index in [9.17, 15) is 0 Å². The summed E-state index contributed by atoms with van der Waals surface area (Å²) in [6, 6.07) is 5.69. The van der Waals surface area contributed by atoms with Gasteiger partial charge in [0.15, 0.2) is 11.5 Å². The number of aromatic nitrogens is 2. The Morgan fingerprint density at radius 2 is 1.71 bits per heavy atom. The number of aryl methyl sites for hydroxylation is 1. The number of nitrogens with two attached hydrogens (primary N) is 1. The van der Waals surface area contributed by atoms with Gasteiger partial charge in [-0.1, -0.05) is 0 Å². The standard InChI is InChI=1S/C16H23N3O2/c1-10-18-14(15(17)19(10)16(2,3)4)11-7-8-12(20-5)13(9-11)21-6/h7-9H,17H2,1-6H3. The minimum absolute atomic E-state index is 0.115. The lowest BCUT2D eigenvalue weighted by Gasteiger charge is -2.24. The van der Waals surface area contributed by atoms with Crippen LogP contribution in [0.2, 0.25) is 0 Å². The van der Waals surface area contributed by atoms with Gasteiger partial charge in [0, 0.05) is 11.1 Å². The van der Waals surface area contributed by atoms with E-state index in [0.29, 0.717) is 17.3 Å². The first-order valence-electron chi connectivity index (χ1n) is 6.87. The normalized spacial score (nSPS) is 11.5. The number of ether oxygens (including phenoxy) is 2. The average Bonchev–Trinajstić information content (AvgIpc) is 2.72. The first-order valence-corrected chi connectivity index (χ1v) is 6.87. The van der Waals surface area contributed by atoms with Crippen molar-refractivity contribution in [3.63, 3.8) is 0 Å². The van der Waals surface area contributed by atoms with Gasteiger partial charge in [0.1, 0.15) is 17.3 Å². The van der Waals surface area contributed by atoms with Crippen molar-refractivity contribution in [3.8, 4) is 22.8 Å². The van der Waals surface area contributed by atoms with Crippen LogP contribution in [0.15, 0.2) is 18.2 Å². The van der Waals surface area contributed by atoms with Gasteiger partial charge in [0.05, 0.1) is 14.2 Å². The Kier molecular flexibility index (Phi) is 3.85. The molecule has 2 N–H and O–H groups in total. The fraction of sp³-hybridized carbons (Fsp3) is 0.438. The Morgan fingerprint density at radius 3 is 2.19 bits per heavy atom. The zero-order valence-electron chi connectivity index (χ0n) is 13.5. The van der Waals surface area contributed by atoms with E-state index in [2.05, 4.69) is 25.8 Å². The summed E-state index contributed by atoms with van der Waals surface area (Å²) in [4.78, 5) is 4.62. The molecular weight excluding hydrogens is 266 g/mol. The Labute approximate surface area is 125 Å².